The molecule has 0 aromatic heterocycles. The normalized spacial score (nSPS) is 12.2. The summed E-state index contributed by atoms with van der Waals surface area (Å²) < 4.78 is 0. The van der Waals surface area contributed by atoms with Crippen molar-refractivity contribution in [3.63, 3.8) is 0 Å². The summed E-state index contributed by atoms with van der Waals surface area (Å²) in [5, 5.41) is 11.1. The molecule has 5 aromatic rings. The molecule has 0 amide bonds. The number of benzene rings is 5. The molecule has 23 heavy (non-hydrogen) atoms. The Labute approximate surface area is 136 Å². The molecule has 1 heteroatoms. The minimum absolute atomic E-state index is 0.695. The third-order valence-electron chi connectivity index (χ3n) is 4.58. The monoisotopic (exact) mass is 310 g/mol. The van der Waals surface area contributed by atoms with Crippen molar-refractivity contribution in [3.8, 4) is 0 Å². The van der Waals surface area contributed by atoms with Gasteiger partial charge in [0.25, 0.3) is 0 Å². The van der Waals surface area contributed by atoms with Crippen LogP contribution in [0.25, 0.3) is 32.3 Å². The van der Waals surface area contributed by atoms with Gasteiger partial charge < -0.3 is 0 Å². The van der Waals surface area contributed by atoms with E-state index in [0.717, 1.165) is 0 Å². The molecule has 108 valence electrons. The van der Waals surface area contributed by atoms with Crippen molar-refractivity contribution in [1.82, 2.24) is 0 Å². The van der Waals surface area contributed by atoms with Gasteiger partial charge >= 0.3 is 0 Å². The molecular formula is C22H15P. The lowest BCUT2D eigenvalue weighted by Gasteiger charge is -2.14. The minimum Gasteiger partial charge on any atom is -0.0622 e. The molecule has 0 N–H and O–H groups in total. The van der Waals surface area contributed by atoms with Gasteiger partial charge in [-0.25, -0.2) is 0 Å². The fourth-order valence-electron chi connectivity index (χ4n) is 3.52. The summed E-state index contributed by atoms with van der Waals surface area (Å²) in [5.41, 5.74) is 0. The lowest BCUT2D eigenvalue weighted by atomic mass is 9.94. The topological polar surface area (TPSA) is 0 Å². The van der Waals surface area contributed by atoms with Gasteiger partial charge in [0.05, 0.1) is 0 Å². The van der Waals surface area contributed by atoms with E-state index in [1.165, 1.54) is 42.9 Å². The van der Waals surface area contributed by atoms with Gasteiger partial charge in [-0.05, 0) is 42.9 Å². The lowest BCUT2D eigenvalue weighted by molar-refractivity contribution is 1.77. The Bertz CT molecular complexity index is 1110. The molecule has 1 atom stereocenters. The molecular weight excluding hydrogens is 295 g/mol. The zero-order valence-corrected chi connectivity index (χ0v) is 13.6. The lowest BCUT2D eigenvalue weighted by Crippen LogP contribution is -2.04. The van der Waals surface area contributed by atoms with Gasteiger partial charge in [0.15, 0.2) is 0 Å². The maximum Gasteiger partial charge on any atom is -0.00204 e. The second-order valence-corrected chi connectivity index (χ2v) is 7.33. The minimum atomic E-state index is 0.695. The zero-order valence-electron chi connectivity index (χ0n) is 12.6. The molecule has 0 radical (unpaired) electrons. The third kappa shape index (κ3) is 2.03. The van der Waals surface area contributed by atoms with Crippen molar-refractivity contribution in [2.24, 2.45) is 0 Å². The van der Waals surface area contributed by atoms with Crippen LogP contribution in [-0.4, -0.2) is 0 Å². The Balaban J connectivity index is 1.84. The van der Waals surface area contributed by atoms with E-state index in [2.05, 4.69) is 84.9 Å². The predicted octanol–water partition coefficient (Wildman–Crippen LogP) is 5.21. The van der Waals surface area contributed by atoms with Crippen LogP contribution >= 0.6 is 8.58 Å². The smallest absolute Gasteiger partial charge is 0.00204 e. The quantitative estimate of drug-likeness (QED) is 0.310. The summed E-state index contributed by atoms with van der Waals surface area (Å²) >= 11 is 0. The van der Waals surface area contributed by atoms with Gasteiger partial charge in [-0.3, -0.25) is 0 Å². The van der Waals surface area contributed by atoms with Crippen LogP contribution in [0.4, 0.5) is 0 Å². The Morgan fingerprint density at radius 1 is 0.478 bits per heavy atom. The van der Waals surface area contributed by atoms with Crippen LogP contribution in [0.15, 0.2) is 84.9 Å². The van der Waals surface area contributed by atoms with Crippen LogP contribution < -0.4 is 10.6 Å². The number of rotatable bonds is 2. The van der Waals surface area contributed by atoms with Gasteiger partial charge in [-0.1, -0.05) is 93.5 Å². The fourth-order valence-corrected chi connectivity index (χ4v) is 4.70. The van der Waals surface area contributed by atoms with Crippen molar-refractivity contribution >= 4 is 51.5 Å². The standard InChI is InChI=1S/C22H15P/c1-2-7-18(8-3-1)23-20-14-12-17-10-9-15-5-4-6-16-11-13-19(20)22(17)21(15)16/h1-14,23H. The number of hydrogen-bond donors (Lipinski definition) is 0. The van der Waals surface area contributed by atoms with Crippen LogP contribution in [0.2, 0.25) is 0 Å². The summed E-state index contributed by atoms with van der Waals surface area (Å²) in [6.45, 7) is 0. The Morgan fingerprint density at radius 2 is 1.13 bits per heavy atom. The van der Waals surface area contributed by atoms with Crippen molar-refractivity contribution < 1.29 is 0 Å². The van der Waals surface area contributed by atoms with E-state index in [9.17, 15) is 0 Å². The van der Waals surface area contributed by atoms with E-state index < -0.39 is 0 Å². The molecule has 5 aromatic carbocycles. The molecule has 1 unspecified atom stereocenters. The van der Waals surface area contributed by atoms with E-state index in [0.29, 0.717) is 8.58 Å². The van der Waals surface area contributed by atoms with Crippen molar-refractivity contribution in [2.75, 3.05) is 0 Å². The first-order valence-electron chi connectivity index (χ1n) is 7.89. The van der Waals surface area contributed by atoms with E-state index in [1.807, 2.05) is 0 Å². The Hall–Kier alpha value is -2.43. The zero-order chi connectivity index (χ0) is 15.2. The summed E-state index contributed by atoms with van der Waals surface area (Å²) in [6.07, 6.45) is 0. The second kappa shape index (κ2) is 5.05. The molecule has 5 rings (SSSR count). The third-order valence-corrected chi connectivity index (χ3v) is 5.91. The van der Waals surface area contributed by atoms with Gasteiger partial charge in [0.2, 0.25) is 0 Å². The van der Waals surface area contributed by atoms with Gasteiger partial charge in [-0.15, -0.1) is 0 Å². The van der Waals surface area contributed by atoms with E-state index in [4.69, 9.17) is 0 Å². The molecule has 0 aliphatic carbocycles. The summed E-state index contributed by atoms with van der Waals surface area (Å²) in [6, 6.07) is 31.0. The predicted molar refractivity (Wildman–Crippen MR) is 104 cm³/mol. The van der Waals surface area contributed by atoms with Gasteiger partial charge in [0, 0.05) is 0 Å². The molecule has 0 heterocycles. The van der Waals surface area contributed by atoms with Crippen LogP contribution in [0, 0.1) is 0 Å². The number of hydrogen-bond acceptors (Lipinski definition) is 0. The SMILES string of the molecule is c1ccc(Pc2ccc3ccc4cccc5ccc2c3c45)cc1. The van der Waals surface area contributed by atoms with E-state index in [-0.39, 0.29) is 0 Å². The highest BCUT2D eigenvalue weighted by molar-refractivity contribution is 7.56. The molecule has 0 saturated heterocycles. The molecule has 0 aliphatic rings. The molecule has 0 fully saturated rings. The maximum absolute atomic E-state index is 2.30. The van der Waals surface area contributed by atoms with Crippen LogP contribution in [0.3, 0.4) is 0 Å². The van der Waals surface area contributed by atoms with Crippen LogP contribution in [0.5, 0.6) is 0 Å². The Morgan fingerprint density at radius 3 is 1.91 bits per heavy atom. The first-order chi connectivity index (χ1) is 11.4. The average molecular weight is 310 g/mol. The fraction of sp³-hybridized carbons (Fsp3) is 0. The maximum atomic E-state index is 2.30. The van der Waals surface area contributed by atoms with E-state index >= 15 is 0 Å². The van der Waals surface area contributed by atoms with Crippen molar-refractivity contribution in [2.45, 2.75) is 0 Å². The second-order valence-electron chi connectivity index (χ2n) is 5.96. The molecule has 0 saturated carbocycles. The highest BCUT2D eigenvalue weighted by Crippen LogP contribution is 2.35. The molecule has 0 nitrogen and oxygen atoms in total. The van der Waals surface area contributed by atoms with Crippen molar-refractivity contribution in [3.05, 3.63) is 84.9 Å². The van der Waals surface area contributed by atoms with Crippen molar-refractivity contribution in [1.29, 1.82) is 0 Å². The average Bonchev–Trinajstić information content (AvgIpc) is 2.62. The highest BCUT2D eigenvalue weighted by atomic mass is 31.1. The molecule has 0 bridgehead atoms. The van der Waals surface area contributed by atoms with Crippen LogP contribution in [-0.2, 0) is 0 Å². The first-order valence-corrected chi connectivity index (χ1v) is 8.89. The van der Waals surface area contributed by atoms with Gasteiger partial charge in [-0.2, -0.15) is 0 Å². The summed E-state index contributed by atoms with van der Waals surface area (Å²) in [4.78, 5) is 0. The largest absolute Gasteiger partial charge is 0.0622 e. The highest BCUT2D eigenvalue weighted by Gasteiger charge is 2.10. The first kappa shape index (κ1) is 13.0. The molecule has 0 spiro atoms. The van der Waals surface area contributed by atoms with Crippen LogP contribution in [0.1, 0.15) is 0 Å². The van der Waals surface area contributed by atoms with E-state index in [1.54, 1.807) is 0 Å². The summed E-state index contributed by atoms with van der Waals surface area (Å²) in [7, 11) is 0.695. The molecule has 0 aliphatic heterocycles. The Kier molecular flexibility index (Phi) is 2.86. The van der Waals surface area contributed by atoms with Gasteiger partial charge in [0.1, 0.15) is 0 Å². The summed E-state index contributed by atoms with van der Waals surface area (Å²) in [5.74, 6) is 0.